The topological polar surface area (TPSA) is 33.6 Å². The number of nitrogens with zero attached hydrogens (tertiary/aromatic N) is 1. The van der Waals surface area contributed by atoms with Crippen LogP contribution in [0.2, 0.25) is 0 Å². The summed E-state index contributed by atoms with van der Waals surface area (Å²) in [4.78, 5) is 3.99. The van der Waals surface area contributed by atoms with Gasteiger partial charge in [-0.15, -0.1) is 0 Å². The molecule has 1 N–H and O–H groups in total. The van der Waals surface area contributed by atoms with Crippen LogP contribution in [0.4, 0.5) is 0 Å². The van der Waals surface area contributed by atoms with Crippen LogP contribution in [0.5, 0.6) is 0 Å². The van der Waals surface area contributed by atoms with Crippen LogP contribution in [-0.2, 0) is 4.74 Å². The standard InChI is InChI=1S/C14H24N2O/c1-6-10(15-5)16-11-12(17-13(2,3)4)14(11)8-7-9-14/h6,11-12,16H,5,7-9H2,1-4H3/b10-6-/t11?,12-/m0/s1. The normalized spacial score (nSPS) is 30.9. The number of allylic oxidation sites excluding steroid dienone is 1. The van der Waals surface area contributed by atoms with E-state index in [0.29, 0.717) is 17.6 Å². The van der Waals surface area contributed by atoms with Gasteiger partial charge in [0.15, 0.2) is 0 Å². The maximum absolute atomic E-state index is 6.16. The van der Waals surface area contributed by atoms with E-state index >= 15 is 0 Å². The van der Waals surface area contributed by atoms with E-state index in [1.165, 1.54) is 19.3 Å². The van der Waals surface area contributed by atoms with Gasteiger partial charge in [0.25, 0.3) is 0 Å². The van der Waals surface area contributed by atoms with Crippen LogP contribution in [0, 0.1) is 5.41 Å². The molecule has 0 heterocycles. The van der Waals surface area contributed by atoms with Gasteiger partial charge in [-0.25, -0.2) is 4.99 Å². The molecule has 1 spiro atoms. The van der Waals surface area contributed by atoms with Crippen molar-refractivity contribution in [3.05, 3.63) is 11.9 Å². The Kier molecular flexibility index (Phi) is 3.06. The monoisotopic (exact) mass is 236 g/mol. The highest BCUT2D eigenvalue weighted by molar-refractivity contribution is 5.31. The first-order valence-corrected chi connectivity index (χ1v) is 6.50. The minimum atomic E-state index is -0.0681. The summed E-state index contributed by atoms with van der Waals surface area (Å²) in [5, 5.41) is 3.46. The highest BCUT2D eigenvalue weighted by Crippen LogP contribution is 2.63. The molecule has 17 heavy (non-hydrogen) atoms. The number of ether oxygens (including phenoxy) is 1. The second kappa shape index (κ2) is 4.13. The predicted molar refractivity (Wildman–Crippen MR) is 71.1 cm³/mol. The minimum Gasteiger partial charge on any atom is -0.370 e. The summed E-state index contributed by atoms with van der Waals surface area (Å²) in [6, 6.07) is 0.423. The molecule has 2 saturated carbocycles. The summed E-state index contributed by atoms with van der Waals surface area (Å²) in [5.41, 5.74) is 0.313. The van der Waals surface area contributed by atoms with E-state index in [1.807, 2.05) is 13.0 Å². The van der Waals surface area contributed by atoms with E-state index in [1.54, 1.807) is 0 Å². The van der Waals surface area contributed by atoms with Gasteiger partial charge in [-0.1, -0.05) is 6.42 Å². The molecule has 0 radical (unpaired) electrons. The first-order chi connectivity index (χ1) is 7.93. The van der Waals surface area contributed by atoms with E-state index < -0.39 is 0 Å². The van der Waals surface area contributed by atoms with Crippen molar-refractivity contribution in [2.75, 3.05) is 0 Å². The molecule has 0 bridgehead atoms. The predicted octanol–water partition coefficient (Wildman–Crippen LogP) is 2.87. The second-order valence-corrected chi connectivity index (χ2v) is 6.19. The Morgan fingerprint density at radius 1 is 1.47 bits per heavy atom. The van der Waals surface area contributed by atoms with Crippen molar-refractivity contribution in [3.8, 4) is 0 Å². The lowest BCUT2D eigenvalue weighted by Gasteiger charge is -2.29. The Labute approximate surface area is 104 Å². The Bertz CT molecular complexity index is 337. The van der Waals surface area contributed by atoms with Crippen LogP contribution < -0.4 is 5.32 Å². The molecule has 0 aromatic carbocycles. The molecule has 2 fully saturated rings. The zero-order valence-corrected chi connectivity index (χ0v) is 11.4. The highest BCUT2D eigenvalue weighted by atomic mass is 16.5. The summed E-state index contributed by atoms with van der Waals surface area (Å²) in [7, 11) is 0. The fraction of sp³-hybridized carbons (Fsp3) is 0.786. The summed E-state index contributed by atoms with van der Waals surface area (Å²) < 4.78 is 6.16. The summed E-state index contributed by atoms with van der Waals surface area (Å²) in [5.74, 6) is 0.876. The third-order valence-corrected chi connectivity index (χ3v) is 3.89. The first-order valence-electron chi connectivity index (χ1n) is 6.50. The van der Waals surface area contributed by atoms with E-state index in [0.717, 1.165) is 5.82 Å². The summed E-state index contributed by atoms with van der Waals surface area (Å²) >= 11 is 0. The van der Waals surface area contributed by atoms with Crippen molar-refractivity contribution in [1.82, 2.24) is 5.32 Å². The van der Waals surface area contributed by atoms with Gasteiger partial charge in [0.05, 0.1) is 17.7 Å². The Hall–Kier alpha value is -0.830. The fourth-order valence-corrected chi connectivity index (χ4v) is 2.80. The number of hydrogen-bond donors (Lipinski definition) is 1. The lowest BCUT2D eigenvalue weighted by molar-refractivity contribution is -0.0431. The molecule has 3 heteroatoms. The SMILES string of the molecule is C=N/C(=C/C)NC1[C@H](OC(C)(C)C)C12CCC2. The van der Waals surface area contributed by atoms with E-state index in [2.05, 4.69) is 37.8 Å². The Balaban J connectivity index is 2.00. The average molecular weight is 236 g/mol. The number of hydrogen-bond acceptors (Lipinski definition) is 3. The smallest absolute Gasteiger partial charge is 0.121 e. The van der Waals surface area contributed by atoms with Crippen molar-refractivity contribution >= 4 is 6.72 Å². The van der Waals surface area contributed by atoms with Crippen LogP contribution in [0.15, 0.2) is 16.9 Å². The molecule has 1 unspecified atom stereocenters. The largest absolute Gasteiger partial charge is 0.370 e. The highest BCUT2D eigenvalue weighted by Gasteiger charge is 2.69. The maximum Gasteiger partial charge on any atom is 0.121 e. The van der Waals surface area contributed by atoms with Gasteiger partial charge in [-0.3, -0.25) is 0 Å². The van der Waals surface area contributed by atoms with Crippen LogP contribution in [0.3, 0.4) is 0 Å². The van der Waals surface area contributed by atoms with Gasteiger partial charge in [0.1, 0.15) is 5.82 Å². The molecular formula is C14H24N2O. The zero-order valence-electron chi connectivity index (χ0n) is 11.4. The Morgan fingerprint density at radius 3 is 2.47 bits per heavy atom. The molecule has 2 rings (SSSR count). The minimum absolute atomic E-state index is 0.0681. The molecule has 96 valence electrons. The van der Waals surface area contributed by atoms with Gasteiger partial charge in [-0.05, 0) is 53.3 Å². The molecule has 0 saturated heterocycles. The maximum atomic E-state index is 6.16. The number of nitrogens with one attached hydrogen (secondary N) is 1. The van der Waals surface area contributed by atoms with Crippen molar-refractivity contribution in [3.63, 3.8) is 0 Å². The molecule has 0 aromatic rings. The number of aliphatic imine (C=N–C) groups is 1. The van der Waals surface area contributed by atoms with E-state index in [-0.39, 0.29) is 5.60 Å². The van der Waals surface area contributed by atoms with Crippen molar-refractivity contribution in [2.45, 2.75) is 64.7 Å². The molecule has 0 aromatic heterocycles. The molecule has 2 aliphatic rings. The zero-order chi connectivity index (χ0) is 12.7. The van der Waals surface area contributed by atoms with E-state index in [9.17, 15) is 0 Å². The average Bonchev–Trinajstić information content (AvgIpc) is 2.78. The summed E-state index contributed by atoms with van der Waals surface area (Å²) in [6.45, 7) is 11.9. The third kappa shape index (κ3) is 2.25. The van der Waals surface area contributed by atoms with Crippen molar-refractivity contribution < 1.29 is 4.74 Å². The lowest BCUT2D eigenvalue weighted by Crippen LogP contribution is -2.26. The van der Waals surface area contributed by atoms with Crippen LogP contribution in [0.1, 0.15) is 47.0 Å². The van der Waals surface area contributed by atoms with Gasteiger partial charge >= 0.3 is 0 Å². The molecule has 2 aliphatic carbocycles. The third-order valence-electron chi connectivity index (χ3n) is 3.89. The van der Waals surface area contributed by atoms with Crippen molar-refractivity contribution in [1.29, 1.82) is 0 Å². The van der Waals surface area contributed by atoms with Crippen LogP contribution in [0.25, 0.3) is 0 Å². The molecule has 2 atom stereocenters. The fourth-order valence-electron chi connectivity index (χ4n) is 2.80. The van der Waals surface area contributed by atoms with E-state index in [4.69, 9.17) is 4.74 Å². The number of rotatable bonds is 4. The van der Waals surface area contributed by atoms with Crippen LogP contribution in [-0.4, -0.2) is 24.5 Å². The van der Waals surface area contributed by atoms with Gasteiger partial charge in [-0.2, -0.15) is 0 Å². The van der Waals surface area contributed by atoms with Crippen molar-refractivity contribution in [2.24, 2.45) is 10.4 Å². The molecular weight excluding hydrogens is 212 g/mol. The molecule has 0 amide bonds. The van der Waals surface area contributed by atoms with Gasteiger partial charge < -0.3 is 10.1 Å². The van der Waals surface area contributed by atoms with Crippen LogP contribution >= 0.6 is 0 Å². The molecule has 0 aliphatic heterocycles. The quantitative estimate of drug-likeness (QED) is 0.761. The first kappa shape index (κ1) is 12.6. The summed E-state index contributed by atoms with van der Waals surface area (Å²) in [6.07, 6.45) is 6.19. The Morgan fingerprint density at radius 2 is 2.12 bits per heavy atom. The van der Waals surface area contributed by atoms with Gasteiger partial charge in [0, 0.05) is 5.41 Å². The lowest BCUT2D eigenvalue weighted by atomic mass is 9.80. The second-order valence-electron chi connectivity index (χ2n) is 6.19. The molecule has 3 nitrogen and oxygen atoms in total. The van der Waals surface area contributed by atoms with Gasteiger partial charge in [0.2, 0.25) is 0 Å².